The minimum absolute atomic E-state index is 0.0970. The first-order valence-corrected chi connectivity index (χ1v) is 6.74. The molecular weight excluding hydrogens is 292 g/mol. The van der Waals surface area contributed by atoms with E-state index in [1.807, 2.05) is 0 Å². The second-order valence-corrected chi connectivity index (χ2v) is 4.45. The number of fused-ring (bicyclic) bond motifs is 1. The maximum atomic E-state index is 12.5. The van der Waals surface area contributed by atoms with Gasteiger partial charge < -0.3 is 19.9 Å². The summed E-state index contributed by atoms with van der Waals surface area (Å²) in [5.74, 6) is -0.165. The van der Waals surface area contributed by atoms with Crippen molar-refractivity contribution in [2.45, 2.75) is 13.2 Å². The fourth-order valence-electron chi connectivity index (χ4n) is 2.01. The molecule has 1 aromatic rings. The first-order valence-electron chi connectivity index (χ1n) is 6.74. The Bertz CT molecular complexity index is 613. The largest absolute Gasteiger partial charge is 0.460 e. The summed E-state index contributed by atoms with van der Waals surface area (Å²) >= 11 is 0. The van der Waals surface area contributed by atoms with Gasteiger partial charge in [-0.2, -0.15) is 0 Å². The molecule has 1 heterocycles. The Hall–Kier alpha value is -2.45. The lowest BCUT2D eigenvalue weighted by atomic mass is 9.99. The Morgan fingerprint density at radius 1 is 1.55 bits per heavy atom. The van der Waals surface area contributed by atoms with Gasteiger partial charge >= 0.3 is 0 Å². The molecule has 0 bridgehead atoms. The van der Waals surface area contributed by atoms with Crippen LogP contribution in [0.4, 0.5) is 5.69 Å². The monoisotopic (exact) mass is 308 g/mol. The fraction of sp³-hybridized carbons (Fsp3) is 0.357. The number of carbonyl (C=O) groups excluding carboxylic acids is 1. The van der Waals surface area contributed by atoms with E-state index in [0.717, 1.165) is 0 Å². The van der Waals surface area contributed by atoms with E-state index < -0.39 is 17.0 Å². The van der Waals surface area contributed by atoms with Gasteiger partial charge in [0.25, 0.3) is 5.69 Å². The Morgan fingerprint density at radius 2 is 2.32 bits per heavy atom. The molecule has 2 rings (SSSR count). The standard InChI is InChI=1S/C14H16N2O6/c1-2-21-14-11(8-15-5-6-17)13(18)10-7-9(16(19)20)3-4-12(10)22-14/h3-4,7-8,14-15,17H,2,5-6H2,1H3. The van der Waals surface area contributed by atoms with Crippen molar-refractivity contribution < 1.29 is 24.3 Å². The maximum absolute atomic E-state index is 12.5. The van der Waals surface area contributed by atoms with E-state index >= 15 is 0 Å². The quantitative estimate of drug-likeness (QED) is 0.349. The summed E-state index contributed by atoms with van der Waals surface area (Å²) < 4.78 is 11.0. The van der Waals surface area contributed by atoms with Crippen LogP contribution in [-0.4, -0.2) is 41.9 Å². The zero-order valence-electron chi connectivity index (χ0n) is 11.9. The number of Topliss-reactive ketones (excluding diaryl/α,β-unsaturated/α-hetero) is 1. The highest BCUT2D eigenvalue weighted by molar-refractivity contribution is 6.12. The van der Waals surface area contributed by atoms with E-state index in [2.05, 4.69) is 5.32 Å². The van der Waals surface area contributed by atoms with Gasteiger partial charge in [0.2, 0.25) is 12.1 Å². The normalized spacial score (nSPS) is 18.7. The van der Waals surface area contributed by atoms with Gasteiger partial charge in [0.15, 0.2) is 0 Å². The van der Waals surface area contributed by atoms with Crippen LogP contribution in [0.3, 0.4) is 0 Å². The summed E-state index contributed by atoms with van der Waals surface area (Å²) in [6.45, 7) is 2.26. The number of nitrogens with zero attached hydrogens (tertiary/aromatic N) is 1. The van der Waals surface area contributed by atoms with Gasteiger partial charge in [-0.15, -0.1) is 0 Å². The lowest BCUT2D eigenvalue weighted by Crippen LogP contribution is -2.34. The number of carbonyl (C=O) groups is 1. The third kappa shape index (κ3) is 3.23. The second kappa shape index (κ2) is 7.01. The predicted octanol–water partition coefficient (Wildman–Crippen LogP) is 0.998. The maximum Gasteiger partial charge on any atom is 0.270 e. The molecule has 0 fully saturated rings. The van der Waals surface area contributed by atoms with Crippen LogP contribution >= 0.6 is 0 Å². The molecule has 1 atom stereocenters. The van der Waals surface area contributed by atoms with E-state index in [1.165, 1.54) is 24.4 Å². The molecule has 0 aliphatic carbocycles. The third-order valence-corrected chi connectivity index (χ3v) is 3.00. The fourth-order valence-corrected chi connectivity index (χ4v) is 2.01. The number of nitro groups is 1. The van der Waals surface area contributed by atoms with Crippen LogP contribution in [0.2, 0.25) is 0 Å². The van der Waals surface area contributed by atoms with Crippen LogP contribution in [0, 0.1) is 10.1 Å². The Labute approximate surface area is 126 Å². The van der Waals surface area contributed by atoms with E-state index in [1.54, 1.807) is 6.92 Å². The molecule has 0 amide bonds. The van der Waals surface area contributed by atoms with Crippen LogP contribution in [0.15, 0.2) is 30.0 Å². The average Bonchev–Trinajstić information content (AvgIpc) is 2.50. The molecule has 1 aliphatic rings. The summed E-state index contributed by atoms with van der Waals surface area (Å²) in [5, 5.41) is 22.4. The number of aliphatic hydroxyl groups is 1. The van der Waals surface area contributed by atoms with Gasteiger partial charge in [-0.1, -0.05) is 0 Å². The van der Waals surface area contributed by atoms with Crippen LogP contribution in [0.1, 0.15) is 17.3 Å². The van der Waals surface area contributed by atoms with Crippen LogP contribution < -0.4 is 10.1 Å². The number of ether oxygens (including phenoxy) is 2. The summed E-state index contributed by atoms with van der Waals surface area (Å²) in [6, 6.07) is 3.84. The molecule has 118 valence electrons. The Balaban J connectivity index is 2.38. The van der Waals surface area contributed by atoms with E-state index in [-0.39, 0.29) is 35.7 Å². The number of rotatable bonds is 6. The second-order valence-electron chi connectivity index (χ2n) is 4.45. The number of aliphatic hydroxyl groups excluding tert-OH is 1. The molecule has 0 saturated carbocycles. The molecule has 1 aliphatic heterocycles. The molecule has 8 heteroatoms. The minimum Gasteiger partial charge on any atom is -0.460 e. The van der Waals surface area contributed by atoms with Gasteiger partial charge in [-0.25, -0.2) is 0 Å². The topological polar surface area (TPSA) is 111 Å². The number of ketones is 1. The summed E-state index contributed by atoms with van der Waals surface area (Å²) in [5.41, 5.74) is 0.124. The lowest BCUT2D eigenvalue weighted by molar-refractivity contribution is -0.384. The van der Waals surface area contributed by atoms with Gasteiger partial charge in [-0.05, 0) is 13.0 Å². The smallest absolute Gasteiger partial charge is 0.270 e. The molecule has 0 radical (unpaired) electrons. The molecule has 1 aromatic carbocycles. The van der Waals surface area contributed by atoms with Crippen molar-refractivity contribution >= 4 is 11.5 Å². The highest BCUT2D eigenvalue weighted by Gasteiger charge is 2.33. The van der Waals surface area contributed by atoms with Gasteiger partial charge in [0.05, 0.1) is 22.7 Å². The van der Waals surface area contributed by atoms with Gasteiger partial charge in [0, 0.05) is 31.5 Å². The summed E-state index contributed by atoms with van der Waals surface area (Å²) in [6.07, 6.45) is 0.512. The Kier molecular flexibility index (Phi) is 5.08. The Morgan fingerprint density at radius 3 is 2.95 bits per heavy atom. The third-order valence-electron chi connectivity index (χ3n) is 3.00. The predicted molar refractivity (Wildman–Crippen MR) is 76.6 cm³/mol. The molecule has 0 aromatic heterocycles. The van der Waals surface area contributed by atoms with E-state index in [9.17, 15) is 14.9 Å². The SMILES string of the molecule is CCOC1Oc2ccc([N+](=O)[O-])cc2C(=O)C1=CNCCO. The molecule has 1 unspecified atom stereocenters. The first-order chi connectivity index (χ1) is 10.6. The summed E-state index contributed by atoms with van der Waals surface area (Å²) in [7, 11) is 0. The molecule has 0 spiro atoms. The highest BCUT2D eigenvalue weighted by Crippen LogP contribution is 2.33. The van der Waals surface area contributed by atoms with Gasteiger partial charge in [-0.3, -0.25) is 14.9 Å². The van der Waals surface area contributed by atoms with Crippen molar-refractivity contribution in [2.24, 2.45) is 0 Å². The summed E-state index contributed by atoms with van der Waals surface area (Å²) in [4.78, 5) is 22.8. The van der Waals surface area contributed by atoms with Crippen molar-refractivity contribution in [1.29, 1.82) is 0 Å². The van der Waals surface area contributed by atoms with Gasteiger partial charge in [0.1, 0.15) is 5.75 Å². The van der Waals surface area contributed by atoms with Crippen molar-refractivity contribution in [2.75, 3.05) is 19.8 Å². The number of nitro benzene ring substituents is 1. The van der Waals surface area contributed by atoms with E-state index in [0.29, 0.717) is 6.61 Å². The molecule has 0 saturated heterocycles. The number of hydrogen-bond acceptors (Lipinski definition) is 7. The number of nitrogens with one attached hydrogen (secondary N) is 1. The van der Waals surface area contributed by atoms with Crippen molar-refractivity contribution in [1.82, 2.24) is 5.32 Å². The molecule has 2 N–H and O–H groups in total. The molecule has 8 nitrogen and oxygen atoms in total. The highest BCUT2D eigenvalue weighted by atomic mass is 16.7. The van der Waals surface area contributed by atoms with Crippen molar-refractivity contribution in [3.63, 3.8) is 0 Å². The number of hydrogen-bond donors (Lipinski definition) is 2. The molecule has 22 heavy (non-hydrogen) atoms. The average molecular weight is 308 g/mol. The van der Waals surface area contributed by atoms with Crippen LogP contribution in [0.5, 0.6) is 5.75 Å². The minimum atomic E-state index is -0.891. The van der Waals surface area contributed by atoms with Crippen molar-refractivity contribution in [3.05, 3.63) is 45.6 Å². The number of benzene rings is 1. The van der Waals surface area contributed by atoms with Crippen LogP contribution in [-0.2, 0) is 4.74 Å². The van der Waals surface area contributed by atoms with E-state index in [4.69, 9.17) is 14.6 Å². The first kappa shape index (κ1) is 15.9. The lowest BCUT2D eigenvalue weighted by Gasteiger charge is -2.27. The zero-order chi connectivity index (χ0) is 16.1. The van der Waals surface area contributed by atoms with Crippen molar-refractivity contribution in [3.8, 4) is 5.75 Å². The van der Waals surface area contributed by atoms with Crippen LogP contribution in [0.25, 0.3) is 0 Å². The number of non-ortho nitro benzene ring substituents is 1. The molecular formula is C14H16N2O6. The zero-order valence-corrected chi connectivity index (χ0v) is 11.9.